The molecule has 0 amide bonds. The molecule has 1 N–H and O–H groups in total. The Hall–Kier alpha value is -0.990. The lowest BCUT2D eigenvalue weighted by Gasteiger charge is -2.07. The number of sulfonamides is 1. The molecule has 0 saturated carbocycles. The molecule has 19 heavy (non-hydrogen) atoms. The summed E-state index contributed by atoms with van der Waals surface area (Å²) < 4.78 is 53.0. The van der Waals surface area contributed by atoms with Crippen LogP contribution in [-0.4, -0.2) is 8.42 Å². The van der Waals surface area contributed by atoms with E-state index in [9.17, 15) is 17.2 Å². The van der Waals surface area contributed by atoms with Crippen LogP contribution in [0.2, 0.25) is 0 Å². The Bertz CT molecular complexity index is 709. The fraction of sp³-hybridized carbons (Fsp3) is 0.0909. The third-order valence-electron chi connectivity index (χ3n) is 2.27. The molecular formula is C11H8BrF2NO2S2. The van der Waals surface area contributed by atoms with Crippen molar-refractivity contribution in [1.82, 2.24) is 0 Å². The molecule has 0 atom stereocenters. The topological polar surface area (TPSA) is 46.2 Å². The zero-order chi connectivity index (χ0) is 14.2. The molecule has 0 saturated heterocycles. The molecule has 0 aliphatic rings. The van der Waals surface area contributed by atoms with E-state index in [1.807, 2.05) is 0 Å². The highest BCUT2D eigenvalue weighted by molar-refractivity contribution is 9.11. The van der Waals surface area contributed by atoms with Crippen LogP contribution < -0.4 is 4.72 Å². The van der Waals surface area contributed by atoms with Crippen molar-refractivity contribution in [3.05, 3.63) is 45.2 Å². The molecular weight excluding hydrogens is 360 g/mol. The van der Waals surface area contributed by atoms with Crippen LogP contribution in [0.15, 0.2) is 32.3 Å². The van der Waals surface area contributed by atoms with Crippen molar-refractivity contribution in [2.75, 3.05) is 4.72 Å². The Balaban J connectivity index is 2.36. The number of hydrogen-bond acceptors (Lipinski definition) is 3. The van der Waals surface area contributed by atoms with E-state index >= 15 is 0 Å². The largest absolute Gasteiger partial charge is 0.276 e. The van der Waals surface area contributed by atoms with Crippen molar-refractivity contribution < 1.29 is 17.2 Å². The van der Waals surface area contributed by atoms with Gasteiger partial charge in [0, 0.05) is 6.07 Å². The van der Waals surface area contributed by atoms with E-state index in [1.165, 1.54) is 6.07 Å². The fourth-order valence-corrected chi connectivity index (χ4v) is 4.62. The number of benzene rings is 1. The van der Waals surface area contributed by atoms with Gasteiger partial charge in [0.15, 0.2) is 0 Å². The van der Waals surface area contributed by atoms with Crippen molar-refractivity contribution >= 4 is 43.0 Å². The third-order valence-corrected chi connectivity index (χ3v) is 6.25. The van der Waals surface area contributed by atoms with Crippen molar-refractivity contribution in [2.45, 2.75) is 11.1 Å². The van der Waals surface area contributed by atoms with Gasteiger partial charge in [-0.25, -0.2) is 17.2 Å². The Morgan fingerprint density at radius 1 is 1.26 bits per heavy atom. The summed E-state index contributed by atoms with van der Waals surface area (Å²) in [4.78, 5) is 0. The first kappa shape index (κ1) is 14.4. The van der Waals surface area contributed by atoms with Crippen molar-refractivity contribution in [1.29, 1.82) is 0 Å². The monoisotopic (exact) mass is 367 g/mol. The SMILES string of the molecule is Cc1cc(S(=O)(=O)Nc2ccc(F)cc2F)sc1Br. The molecule has 0 aliphatic heterocycles. The number of rotatable bonds is 3. The van der Waals surface area contributed by atoms with Crippen LogP contribution >= 0.6 is 27.3 Å². The molecule has 102 valence electrons. The normalized spacial score (nSPS) is 11.6. The van der Waals surface area contributed by atoms with E-state index in [4.69, 9.17) is 0 Å². The van der Waals surface area contributed by atoms with E-state index < -0.39 is 21.7 Å². The molecule has 1 heterocycles. The maximum atomic E-state index is 13.4. The quantitative estimate of drug-likeness (QED) is 0.893. The summed E-state index contributed by atoms with van der Waals surface area (Å²) in [5.74, 6) is -1.73. The highest BCUT2D eigenvalue weighted by Gasteiger charge is 2.20. The van der Waals surface area contributed by atoms with E-state index in [2.05, 4.69) is 20.7 Å². The summed E-state index contributed by atoms with van der Waals surface area (Å²) in [6.07, 6.45) is 0. The zero-order valence-electron chi connectivity index (χ0n) is 9.58. The second kappa shape index (κ2) is 5.18. The predicted octanol–water partition coefficient (Wildman–Crippen LogP) is 3.90. The average molecular weight is 368 g/mol. The van der Waals surface area contributed by atoms with Gasteiger partial charge in [0.2, 0.25) is 0 Å². The highest BCUT2D eigenvalue weighted by atomic mass is 79.9. The van der Waals surface area contributed by atoms with Gasteiger partial charge in [-0.2, -0.15) is 0 Å². The molecule has 0 spiro atoms. The van der Waals surface area contributed by atoms with Gasteiger partial charge in [0.05, 0.1) is 9.47 Å². The van der Waals surface area contributed by atoms with E-state index in [1.54, 1.807) is 6.92 Å². The van der Waals surface area contributed by atoms with Crippen LogP contribution in [0.4, 0.5) is 14.5 Å². The lowest BCUT2D eigenvalue weighted by Crippen LogP contribution is -2.12. The zero-order valence-corrected chi connectivity index (χ0v) is 12.8. The minimum atomic E-state index is -3.87. The predicted molar refractivity (Wildman–Crippen MR) is 73.9 cm³/mol. The fourth-order valence-electron chi connectivity index (χ4n) is 1.33. The van der Waals surface area contributed by atoms with Gasteiger partial charge in [0.25, 0.3) is 10.0 Å². The van der Waals surface area contributed by atoms with Crippen LogP contribution in [-0.2, 0) is 10.0 Å². The number of thiophene rings is 1. The second-order valence-electron chi connectivity index (χ2n) is 3.75. The van der Waals surface area contributed by atoms with Gasteiger partial charge in [-0.3, -0.25) is 4.72 Å². The molecule has 2 aromatic rings. The maximum absolute atomic E-state index is 13.4. The van der Waals surface area contributed by atoms with Gasteiger partial charge in [-0.1, -0.05) is 0 Å². The first-order chi connectivity index (χ1) is 8.79. The molecule has 2 rings (SSSR count). The number of aryl methyl sites for hydroxylation is 1. The molecule has 1 aromatic carbocycles. The van der Waals surface area contributed by atoms with Crippen molar-refractivity contribution in [2.24, 2.45) is 0 Å². The van der Waals surface area contributed by atoms with E-state index in [0.29, 0.717) is 9.85 Å². The molecule has 0 unspecified atom stereocenters. The van der Waals surface area contributed by atoms with Crippen LogP contribution in [0.3, 0.4) is 0 Å². The average Bonchev–Trinajstić information content (AvgIpc) is 2.64. The molecule has 3 nitrogen and oxygen atoms in total. The Kier molecular flexibility index (Phi) is 3.93. The van der Waals surface area contributed by atoms with E-state index in [0.717, 1.165) is 29.0 Å². The lowest BCUT2D eigenvalue weighted by molar-refractivity contribution is 0.583. The minimum absolute atomic E-state index is 0.0561. The van der Waals surface area contributed by atoms with Gasteiger partial charge < -0.3 is 0 Å². The first-order valence-corrected chi connectivity index (χ1v) is 8.12. The molecule has 8 heteroatoms. The summed E-state index contributed by atoms with van der Waals surface area (Å²) >= 11 is 4.24. The summed E-state index contributed by atoms with van der Waals surface area (Å²) in [5.41, 5.74) is 0.480. The van der Waals surface area contributed by atoms with Gasteiger partial charge in [0.1, 0.15) is 15.8 Å². The van der Waals surface area contributed by atoms with Crippen LogP contribution in [0.5, 0.6) is 0 Å². The van der Waals surface area contributed by atoms with Gasteiger partial charge in [-0.15, -0.1) is 11.3 Å². The lowest BCUT2D eigenvalue weighted by atomic mass is 10.3. The molecule has 0 radical (unpaired) electrons. The molecule has 1 aromatic heterocycles. The van der Waals surface area contributed by atoms with E-state index in [-0.39, 0.29) is 9.90 Å². The minimum Gasteiger partial charge on any atom is -0.276 e. The molecule has 0 fully saturated rings. The maximum Gasteiger partial charge on any atom is 0.271 e. The summed E-state index contributed by atoms with van der Waals surface area (Å²) in [6.45, 7) is 1.75. The Morgan fingerprint density at radius 2 is 1.95 bits per heavy atom. The van der Waals surface area contributed by atoms with Crippen LogP contribution in [0, 0.1) is 18.6 Å². The summed E-state index contributed by atoms with van der Waals surface area (Å²) in [5, 5.41) is 0. The summed E-state index contributed by atoms with van der Waals surface area (Å²) in [7, 11) is -3.87. The third kappa shape index (κ3) is 3.13. The van der Waals surface area contributed by atoms with Gasteiger partial charge in [-0.05, 0) is 46.6 Å². The Morgan fingerprint density at radius 3 is 2.47 bits per heavy atom. The smallest absolute Gasteiger partial charge is 0.271 e. The van der Waals surface area contributed by atoms with Crippen LogP contribution in [0.1, 0.15) is 5.56 Å². The number of hydrogen-bond donors (Lipinski definition) is 1. The van der Waals surface area contributed by atoms with Crippen LogP contribution in [0.25, 0.3) is 0 Å². The summed E-state index contributed by atoms with van der Waals surface area (Å²) in [6, 6.07) is 4.11. The number of nitrogens with one attached hydrogen (secondary N) is 1. The second-order valence-corrected chi connectivity index (χ2v) is 8.03. The molecule has 0 aliphatic carbocycles. The van der Waals surface area contributed by atoms with Crippen molar-refractivity contribution in [3.8, 4) is 0 Å². The Labute approximate surface area is 121 Å². The molecule has 0 bridgehead atoms. The highest BCUT2D eigenvalue weighted by Crippen LogP contribution is 2.31. The number of anilines is 1. The first-order valence-electron chi connectivity index (χ1n) is 5.03. The van der Waals surface area contributed by atoms with Crippen molar-refractivity contribution in [3.63, 3.8) is 0 Å². The van der Waals surface area contributed by atoms with Gasteiger partial charge >= 0.3 is 0 Å². The standard InChI is InChI=1S/C11H8BrF2NO2S2/c1-6-4-10(18-11(6)12)19(16,17)15-9-3-2-7(13)5-8(9)14/h2-5,15H,1H3. The number of halogens is 3.